The van der Waals surface area contributed by atoms with E-state index >= 15 is 0 Å². The monoisotopic (exact) mass is 257 g/mol. The minimum Gasteiger partial charge on any atom is -0.303 e. The maximum atomic E-state index is 11.7. The molecule has 2 amide bonds. The van der Waals surface area contributed by atoms with Gasteiger partial charge in [0.2, 0.25) is 0 Å². The molecule has 7 nitrogen and oxygen atoms in total. The van der Waals surface area contributed by atoms with Crippen LogP contribution in [0.4, 0.5) is 0 Å². The van der Waals surface area contributed by atoms with E-state index in [2.05, 4.69) is 4.52 Å². The third kappa shape index (κ3) is 2.27. The van der Waals surface area contributed by atoms with E-state index in [9.17, 15) is 14.2 Å². The van der Waals surface area contributed by atoms with E-state index < -0.39 is 26.4 Å². The molecule has 1 aromatic rings. The van der Waals surface area contributed by atoms with Crippen LogP contribution in [-0.4, -0.2) is 33.2 Å². The molecule has 2 rings (SSSR count). The van der Waals surface area contributed by atoms with E-state index in [0.717, 1.165) is 0 Å². The van der Waals surface area contributed by atoms with E-state index in [1.807, 2.05) is 0 Å². The lowest BCUT2D eigenvalue weighted by Gasteiger charge is -2.13. The van der Waals surface area contributed by atoms with E-state index in [-0.39, 0.29) is 11.1 Å². The highest BCUT2D eigenvalue weighted by molar-refractivity contribution is 7.46. The summed E-state index contributed by atoms with van der Waals surface area (Å²) >= 11 is 0. The quantitative estimate of drug-likeness (QED) is 0.598. The number of carbonyl (C=O) groups excluding carboxylic acids is 2. The average Bonchev–Trinajstić information content (AvgIpc) is 2.49. The average molecular weight is 257 g/mol. The Labute approximate surface area is 95.9 Å². The fourth-order valence-corrected chi connectivity index (χ4v) is 1.76. The lowest BCUT2D eigenvalue weighted by atomic mass is 10.1. The standard InChI is InChI=1S/C9H8NO6P/c11-8-6-3-1-2-4-7(6)9(12)10(8)5-16-17(13,14)15/h1-4H,5H2,(H2,13,14,15). The molecule has 2 N–H and O–H groups in total. The zero-order chi connectivity index (χ0) is 12.6. The van der Waals surface area contributed by atoms with Gasteiger partial charge in [0.15, 0.2) is 0 Å². The highest BCUT2D eigenvalue weighted by Crippen LogP contribution is 2.36. The number of rotatable bonds is 3. The molecule has 17 heavy (non-hydrogen) atoms. The van der Waals surface area contributed by atoms with Crippen molar-refractivity contribution in [2.24, 2.45) is 0 Å². The summed E-state index contributed by atoms with van der Waals surface area (Å²) in [5, 5.41) is 0. The van der Waals surface area contributed by atoms with E-state index in [1.165, 1.54) is 12.1 Å². The second-order valence-corrected chi connectivity index (χ2v) is 4.57. The number of carbonyl (C=O) groups is 2. The fourth-order valence-electron chi connectivity index (χ4n) is 1.49. The molecular formula is C9H8NO6P. The number of phosphoric ester groups is 1. The van der Waals surface area contributed by atoms with Crippen LogP contribution in [0, 0.1) is 0 Å². The van der Waals surface area contributed by atoms with Gasteiger partial charge in [-0.05, 0) is 12.1 Å². The molecular weight excluding hydrogens is 249 g/mol. The van der Waals surface area contributed by atoms with Crippen molar-refractivity contribution in [2.75, 3.05) is 6.73 Å². The summed E-state index contributed by atoms with van der Waals surface area (Å²) < 4.78 is 14.6. The summed E-state index contributed by atoms with van der Waals surface area (Å²) in [7, 11) is -4.71. The third-order valence-electron chi connectivity index (χ3n) is 2.23. The Balaban J connectivity index is 2.22. The number of fused-ring (bicyclic) bond motifs is 1. The van der Waals surface area contributed by atoms with Crippen molar-refractivity contribution < 1.29 is 28.5 Å². The summed E-state index contributed by atoms with van der Waals surface area (Å²) in [5.74, 6) is -1.25. The molecule has 0 saturated carbocycles. The molecule has 0 atom stereocenters. The fraction of sp³-hybridized carbons (Fsp3) is 0.111. The van der Waals surface area contributed by atoms with Crippen molar-refractivity contribution in [1.82, 2.24) is 4.90 Å². The highest BCUT2D eigenvalue weighted by atomic mass is 31.2. The number of hydrogen-bond donors (Lipinski definition) is 2. The molecule has 0 aliphatic carbocycles. The van der Waals surface area contributed by atoms with Crippen molar-refractivity contribution in [3.05, 3.63) is 35.4 Å². The van der Waals surface area contributed by atoms with Crippen LogP contribution in [0.5, 0.6) is 0 Å². The molecule has 0 bridgehead atoms. The maximum absolute atomic E-state index is 11.7. The van der Waals surface area contributed by atoms with Crippen LogP contribution in [0.2, 0.25) is 0 Å². The summed E-state index contributed by atoms with van der Waals surface area (Å²) in [4.78, 5) is 41.0. The Kier molecular flexibility index (Phi) is 2.84. The Hall–Kier alpha value is -1.53. The van der Waals surface area contributed by atoms with Crippen molar-refractivity contribution in [1.29, 1.82) is 0 Å². The Bertz CT molecular complexity index is 501. The zero-order valence-electron chi connectivity index (χ0n) is 8.44. The number of amides is 2. The predicted octanol–water partition coefficient (Wildman–Crippen LogP) is 0.349. The van der Waals surface area contributed by atoms with E-state index in [0.29, 0.717) is 4.90 Å². The lowest BCUT2D eigenvalue weighted by molar-refractivity contribution is 0.0480. The number of phosphoric acid groups is 1. The molecule has 8 heteroatoms. The molecule has 1 aliphatic rings. The van der Waals surface area contributed by atoms with Gasteiger partial charge in [-0.3, -0.25) is 14.1 Å². The maximum Gasteiger partial charge on any atom is 0.471 e. The minimum atomic E-state index is -4.71. The summed E-state index contributed by atoms with van der Waals surface area (Å²) in [6, 6.07) is 6.12. The summed E-state index contributed by atoms with van der Waals surface area (Å²) in [5.41, 5.74) is 0.402. The van der Waals surface area contributed by atoms with Gasteiger partial charge in [0, 0.05) is 0 Å². The first-order chi connectivity index (χ1) is 7.90. The molecule has 1 heterocycles. The predicted molar refractivity (Wildman–Crippen MR) is 54.9 cm³/mol. The van der Waals surface area contributed by atoms with Crippen molar-refractivity contribution in [3.63, 3.8) is 0 Å². The van der Waals surface area contributed by atoms with Crippen LogP contribution in [0.1, 0.15) is 20.7 Å². The van der Waals surface area contributed by atoms with Crippen LogP contribution >= 0.6 is 7.82 Å². The number of nitrogens with zero attached hydrogens (tertiary/aromatic N) is 1. The Morgan fingerprint density at radius 2 is 1.59 bits per heavy atom. The number of hydrogen-bond acceptors (Lipinski definition) is 4. The first kappa shape index (κ1) is 11.9. The Morgan fingerprint density at radius 1 is 1.12 bits per heavy atom. The molecule has 0 radical (unpaired) electrons. The van der Waals surface area contributed by atoms with Gasteiger partial charge in [-0.1, -0.05) is 12.1 Å². The second-order valence-electron chi connectivity index (χ2n) is 3.33. The third-order valence-corrected chi connectivity index (χ3v) is 2.69. The van der Waals surface area contributed by atoms with Crippen LogP contribution < -0.4 is 0 Å². The molecule has 0 unspecified atom stereocenters. The first-order valence-corrected chi connectivity index (χ1v) is 6.08. The van der Waals surface area contributed by atoms with Gasteiger partial charge in [-0.2, -0.15) is 0 Å². The largest absolute Gasteiger partial charge is 0.471 e. The first-order valence-electron chi connectivity index (χ1n) is 4.55. The molecule has 0 spiro atoms. The van der Waals surface area contributed by atoms with Crippen LogP contribution in [-0.2, 0) is 9.09 Å². The lowest BCUT2D eigenvalue weighted by Crippen LogP contribution is -2.31. The molecule has 0 fully saturated rings. The van der Waals surface area contributed by atoms with Crippen molar-refractivity contribution >= 4 is 19.6 Å². The van der Waals surface area contributed by atoms with Crippen LogP contribution in [0.3, 0.4) is 0 Å². The summed E-state index contributed by atoms with van der Waals surface area (Å²) in [6.45, 7) is -0.767. The van der Waals surface area contributed by atoms with Gasteiger partial charge in [0.1, 0.15) is 6.73 Å². The molecule has 0 aromatic heterocycles. The van der Waals surface area contributed by atoms with E-state index in [4.69, 9.17) is 9.79 Å². The zero-order valence-corrected chi connectivity index (χ0v) is 9.33. The number of benzene rings is 1. The van der Waals surface area contributed by atoms with Gasteiger partial charge in [0.05, 0.1) is 11.1 Å². The normalized spacial score (nSPS) is 15.3. The van der Waals surface area contributed by atoms with Gasteiger partial charge in [-0.15, -0.1) is 0 Å². The highest BCUT2D eigenvalue weighted by Gasteiger charge is 2.36. The Morgan fingerprint density at radius 3 is 2.00 bits per heavy atom. The number of imide groups is 1. The molecule has 90 valence electrons. The molecule has 1 aromatic carbocycles. The van der Waals surface area contributed by atoms with Gasteiger partial charge in [-0.25, -0.2) is 9.46 Å². The van der Waals surface area contributed by atoms with Gasteiger partial charge in [0.25, 0.3) is 11.8 Å². The van der Waals surface area contributed by atoms with E-state index in [1.54, 1.807) is 12.1 Å². The van der Waals surface area contributed by atoms with Gasteiger partial charge < -0.3 is 9.79 Å². The van der Waals surface area contributed by atoms with Crippen molar-refractivity contribution in [2.45, 2.75) is 0 Å². The van der Waals surface area contributed by atoms with Crippen molar-refractivity contribution in [3.8, 4) is 0 Å². The molecule has 1 aliphatic heterocycles. The van der Waals surface area contributed by atoms with Crippen LogP contribution in [0.15, 0.2) is 24.3 Å². The summed E-state index contributed by atoms with van der Waals surface area (Å²) in [6.07, 6.45) is 0. The smallest absolute Gasteiger partial charge is 0.303 e. The van der Waals surface area contributed by atoms with Crippen LogP contribution in [0.25, 0.3) is 0 Å². The SMILES string of the molecule is O=C1c2ccccc2C(=O)N1COP(=O)(O)O. The second kappa shape index (κ2) is 4.05. The minimum absolute atomic E-state index is 0.201. The van der Waals surface area contributed by atoms with Gasteiger partial charge >= 0.3 is 7.82 Å². The topological polar surface area (TPSA) is 104 Å². The molecule has 0 saturated heterocycles.